The van der Waals surface area contributed by atoms with Crippen molar-refractivity contribution in [2.45, 2.75) is 62.7 Å². The van der Waals surface area contributed by atoms with Crippen LogP contribution < -0.4 is 5.32 Å². The highest BCUT2D eigenvalue weighted by molar-refractivity contribution is 7.99. The fraction of sp³-hybridized carbons (Fsp3) is 0.867. The zero-order chi connectivity index (χ0) is 14.5. The normalized spacial score (nSPS) is 34.5. The largest absolute Gasteiger partial charge is 0.481 e. The molecule has 2 unspecified atom stereocenters. The molecule has 0 heterocycles. The summed E-state index contributed by atoms with van der Waals surface area (Å²) in [6, 6.07) is 0.241. The van der Waals surface area contributed by atoms with Crippen molar-refractivity contribution < 1.29 is 14.7 Å². The highest BCUT2D eigenvalue weighted by Crippen LogP contribution is 2.32. The van der Waals surface area contributed by atoms with Gasteiger partial charge in [0, 0.05) is 11.3 Å². The Morgan fingerprint density at radius 3 is 2.40 bits per heavy atom. The Kier molecular flexibility index (Phi) is 5.75. The maximum absolute atomic E-state index is 12.4. The van der Waals surface area contributed by atoms with Gasteiger partial charge in [0.1, 0.15) is 0 Å². The lowest BCUT2D eigenvalue weighted by Gasteiger charge is -2.32. The third kappa shape index (κ3) is 3.90. The fourth-order valence-corrected chi connectivity index (χ4v) is 4.37. The van der Waals surface area contributed by atoms with Gasteiger partial charge in [-0.3, -0.25) is 9.59 Å². The molecule has 0 spiro atoms. The number of hydrogen-bond acceptors (Lipinski definition) is 3. The number of aliphatic carboxylic acids is 1. The van der Waals surface area contributed by atoms with Gasteiger partial charge in [0.2, 0.25) is 5.91 Å². The predicted octanol–water partition coefficient (Wildman–Crippen LogP) is 2.67. The van der Waals surface area contributed by atoms with Crippen molar-refractivity contribution in [2.75, 3.05) is 6.26 Å². The van der Waals surface area contributed by atoms with E-state index >= 15 is 0 Å². The summed E-state index contributed by atoms with van der Waals surface area (Å²) in [6.07, 6.45) is 9.84. The van der Waals surface area contributed by atoms with Crippen LogP contribution in [0.2, 0.25) is 0 Å². The van der Waals surface area contributed by atoms with Gasteiger partial charge in [-0.05, 0) is 38.4 Å². The molecule has 2 aliphatic carbocycles. The van der Waals surface area contributed by atoms with Crippen LogP contribution in [0.3, 0.4) is 0 Å². The lowest BCUT2D eigenvalue weighted by molar-refractivity contribution is -0.149. The van der Waals surface area contributed by atoms with Crippen molar-refractivity contribution in [3.8, 4) is 0 Å². The molecule has 4 nitrogen and oxygen atoms in total. The number of hydrogen-bond donors (Lipinski definition) is 2. The van der Waals surface area contributed by atoms with E-state index in [0.29, 0.717) is 11.7 Å². The van der Waals surface area contributed by atoms with Gasteiger partial charge in [-0.1, -0.05) is 19.3 Å². The van der Waals surface area contributed by atoms with E-state index in [0.717, 1.165) is 38.5 Å². The average molecular weight is 299 g/mol. The topological polar surface area (TPSA) is 66.4 Å². The maximum Gasteiger partial charge on any atom is 0.307 e. The Hall–Kier alpha value is -0.710. The zero-order valence-corrected chi connectivity index (χ0v) is 13.0. The molecular formula is C15H25NO3S. The summed E-state index contributed by atoms with van der Waals surface area (Å²) in [5.74, 6) is -1.64. The van der Waals surface area contributed by atoms with Gasteiger partial charge in [-0.2, -0.15) is 11.8 Å². The van der Waals surface area contributed by atoms with E-state index in [1.807, 2.05) is 11.8 Å². The van der Waals surface area contributed by atoms with Crippen LogP contribution in [-0.2, 0) is 9.59 Å². The third-order valence-electron chi connectivity index (χ3n) is 4.73. The van der Waals surface area contributed by atoms with E-state index in [4.69, 9.17) is 0 Å². The molecule has 0 aliphatic heterocycles. The minimum Gasteiger partial charge on any atom is -0.481 e. The number of carbonyl (C=O) groups excluding carboxylic acids is 1. The van der Waals surface area contributed by atoms with Crippen LogP contribution >= 0.6 is 11.8 Å². The number of thioether (sulfide) groups is 1. The summed E-state index contributed by atoms with van der Waals surface area (Å²) in [4.78, 5) is 23.7. The first-order chi connectivity index (χ1) is 9.61. The summed E-state index contributed by atoms with van der Waals surface area (Å²) in [5.41, 5.74) is 0. The molecule has 5 heteroatoms. The summed E-state index contributed by atoms with van der Waals surface area (Å²) in [6.45, 7) is 0. The van der Waals surface area contributed by atoms with Crippen molar-refractivity contribution in [1.29, 1.82) is 0 Å². The molecule has 0 aromatic heterocycles. The van der Waals surface area contributed by atoms with Crippen LogP contribution in [0.1, 0.15) is 51.4 Å². The first-order valence-corrected chi connectivity index (χ1v) is 8.96. The van der Waals surface area contributed by atoms with Gasteiger partial charge in [0.15, 0.2) is 0 Å². The highest BCUT2D eigenvalue weighted by Gasteiger charge is 2.36. The van der Waals surface area contributed by atoms with Gasteiger partial charge in [-0.15, -0.1) is 0 Å². The van der Waals surface area contributed by atoms with E-state index in [-0.39, 0.29) is 17.9 Å². The Balaban J connectivity index is 1.91. The Morgan fingerprint density at radius 1 is 1.05 bits per heavy atom. The maximum atomic E-state index is 12.4. The monoisotopic (exact) mass is 299 g/mol. The minimum atomic E-state index is -0.810. The van der Waals surface area contributed by atoms with Gasteiger partial charge in [0.05, 0.1) is 11.8 Å². The SMILES string of the molecule is CSC1CCCC(NC(=O)[C@@H]2CCCC[C@@H]2C(=O)O)C1. The molecule has 0 aromatic carbocycles. The minimum absolute atomic E-state index is 0.0242. The number of carboxylic acids is 1. The number of carbonyl (C=O) groups is 2. The van der Waals surface area contributed by atoms with E-state index in [9.17, 15) is 14.7 Å². The quantitative estimate of drug-likeness (QED) is 0.837. The molecule has 1 amide bonds. The summed E-state index contributed by atoms with van der Waals surface area (Å²) >= 11 is 1.87. The van der Waals surface area contributed by atoms with Crippen molar-refractivity contribution in [2.24, 2.45) is 11.8 Å². The first-order valence-electron chi connectivity index (χ1n) is 7.67. The lowest BCUT2D eigenvalue weighted by atomic mass is 9.78. The van der Waals surface area contributed by atoms with Crippen LogP contribution in [0.25, 0.3) is 0 Å². The number of amides is 1. The number of carboxylic acid groups (broad SMARTS) is 1. The lowest BCUT2D eigenvalue weighted by Crippen LogP contribution is -2.45. The summed E-state index contributed by atoms with van der Waals surface area (Å²) in [7, 11) is 0. The van der Waals surface area contributed by atoms with Crippen LogP contribution in [-0.4, -0.2) is 34.5 Å². The molecule has 2 saturated carbocycles. The molecule has 2 N–H and O–H groups in total. The summed E-state index contributed by atoms with van der Waals surface area (Å²) < 4.78 is 0. The van der Waals surface area contributed by atoms with Crippen LogP contribution in [0, 0.1) is 11.8 Å². The molecule has 114 valence electrons. The van der Waals surface area contributed by atoms with E-state index in [1.54, 1.807) is 0 Å². The van der Waals surface area contributed by atoms with Crippen molar-refractivity contribution >= 4 is 23.6 Å². The van der Waals surface area contributed by atoms with Crippen molar-refractivity contribution in [1.82, 2.24) is 5.32 Å². The Morgan fingerprint density at radius 2 is 1.75 bits per heavy atom. The van der Waals surface area contributed by atoms with Gasteiger partial charge >= 0.3 is 5.97 Å². The predicted molar refractivity (Wildman–Crippen MR) is 80.8 cm³/mol. The van der Waals surface area contributed by atoms with Gasteiger partial charge in [0.25, 0.3) is 0 Å². The van der Waals surface area contributed by atoms with Crippen molar-refractivity contribution in [3.63, 3.8) is 0 Å². The van der Waals surface area contributed by atoms with Crippen LogP contribution in [0.4, 0.5) is 0 Å². The van der Waals surface area contributed by atoms with Crippen LogP contribution in [0.5, 0.6) is 0 Å². The molecule has 0 radical (unpaired) electrons. The molecule has 2 rings (SSSR count). The van der Waals surface area contributed by atoms with E-state index < -0.39 is 11.9 Å². The van der Waals surface area contributed by atoms with Crippen molar-refractivity contribution in [3.05, 3.63) is 0 Å². The Bertz CT molecular complexity index is 361. The van der Waals surface area contributed by atoms with E-state index in [2.05, 4.69) is 11.6 Å². The Labute approximate surface area is 125 Å². The molecule has 0 saturated heterocycles. The van der Waals surface area contributed by atoms with E-state index in [1.165, 1.54) is 6.42 Å². The number of rotatable bonds is 4. The molecule has 20 heavy (non-hydrogen) atoms. The second-order valence-electron chi connectivity index (χ2n) is 6.07. The number of nitrogens with one attached hydrogen (secondary N) is 1. The third-order valence-corrected chi connectivity index (χ3v) is 5.82. The molecule has 0 bridgehead atoms. The zero-order valence-electron chi connectivity index (χ0n) is 12.1. The molecule has 2 aliphatic rings. The smallest absolute Gasteiger partial charge is 0.307 e. The molecule has 2 fully saturated rings. The molecular weight excluding hydrogens is 274 g/mol. The molecule has 4 atom stereocenters. The second kappa shape index (κ2) is 7.34. The van der Waals surface area contributed by atoms with Gasteiger partial charge < -0.3 is 10.4 Å². The first kappa shape index (κ1) is 15.7. The standard InChI is InChI=1S/C15H25NO3S/c1-20-11-6-4-5-10(9-11)16-14(17)12-7-2-3-8-13(12)15(18)19/h10-13H,2-9H2,1H3,(H,16,17)(H,18,19)/t10?,11?,12-,13+/m1/s1. The highest BCUT2D eigenvalue weighted by atomic mass is 32.2. The van der Waals surface area contributed by atoms with Gasteiger partial charge in [-0.25, -0.2) is 0 Å². The van der Waals surface area contributed by atoms with Crippen LogP contribution in [0.15, 0.2) is 0 Å². The second-order valence-corrected chi connectivity index (χ2v) is 7.20. The average Bonchev–Trinajstić information content (AvgIpc) is 2.47. The summed E-state index contributed by atoms with van der Waals surface area (Å²) in [5, 5.41) is 13.0. The molecule has 0 aromatic rings. The fourth-order valence-electron chi connectivity index (χ4n) is 3.54.